The van der Waals surface area contributed by atoms with Crippen molar-refractivity contribution >= 4 is 65.8 Å². The van der Waals surface area contributed by atoms with Gasteiger partial charge in [-0.25, -0.2) is 0 Å². The van der Waals surface area contributed by atoms with Gasteiger partial charge in [-0.1, -0.05) is 115 Å². The average molecular weight is 662 g/mol. The molecule has 10 aromatic rings. The summed E-state index contributed by atoms with van der Waals surface area (Å²) in [5.74, 6) is 0. The van der Waals surface area contributed by atoms with Crippen LogP contribution in [-0.2, 0) is 0 Å². The summed E-state index contributed by atoms with van der Waals surface area (Å²) in [4.78, 5) is 0. The van der Waals surface area contributed by atoms with Gasteiger partial charge in [-0.2, -0.15) is 0 Å². The third kappa shape index (κ3) is 4.62. The van der Waals surface area contributed by atoms with Gasteiger partial charge in [0.05, 0.1) is 18.5 Å². The van der Waals surface area contributed by atoms with Crippen LogP contribution in [0.3, 0.4) is 0 Å². The topological polar surface area (TPSA) is 75.5 Å². The molecule has 3 aromatic heterocycles. The zero-order valence-electron chi connectivity index (χ0n) is 27.4. The van der Waals surface area contributed by atoms with Crippen molar-refractivity contribution < 1.29 is 13.3 Å². The third-order valence-electron chi connectivity index (χ3n) is 10.4. The normalized spacial score (nSPS) is 18.2. The molecule has 3 atom stereocenters. The summed E-state index contributed by atoms with van der Waals surface area (Å²) in [5, 5.41) is 18.1. The molecule has 1 fully saturated rings. The van der Waals surface area contributed by atoms with Gasteiger partial charge in [0.15, 0.2) is 0 Å². The van der Waals surface area contributed by atoms with Crippen LogP contribution in [-0.4, -0.2) is 0 Å². The summed E-state index contributed by atoms with van der Waals surface area (Å²) in [6.07, 6.45) is -0.399. The van der Waals surface area contributed by atoms with Crippen LogP contribution in [0, 0.1) is 0 Å². The van der Waals surface area contributed by atoms with Gasteiger partial charge in [-0.05, 0) is 58.7 Å². The van der Waals surface area contributed by atoms with Gasteiger partial charge in [0.1, 0.15) is 33.5 Å². The van der Waals surface area contributed by atoms with Crippen LogP contribution in [0.2, 0.25) is 0 Å². The van der Waals surface area contributed by atoms with E-state index in [2.05, 4.69) is 137 Å². The molecule has 0 saturated carbocycles. The molecule has 1 aliphatic heterocycles. The lowest BCUT2D eigenvalue weighted by Gasteiger charge is -2.39. The molecule has 1 aliphatic rings. The average Bonchev–Trinajstić information content (AvgIpc) is 3.88. The minimum absolute atomic E-state index is 0.0938. The summed E-state index contributed by atoms with van der Waals surface area (Å²) in [6, 6.07) is 52.7. The highest BCUT2D eigenvalue weighted by molar-refractivity contribution is 6.11. The standard InChI is InChI=1S/C45H31N3O3/c1-2-9-26(10-3-1)43-46-44(28-18-21-33-31-11-4-6-15-37(31)49-40(33)24-28)48-45(47-43)29-19-22-35-34-20-17-27(23-39(34)50-41(35)25-29)30-13-8-14-36-32-12-5-7-16-38(32)51-42(30)36/h1-25,43-48H. The van der Waals surface area contributed by atoms with E-state index in [1.165, 1.54) is 0 Å². The second-order valence-electron chi connectivity index (χ2n) is 13.4. The lowest BCUT2D eigenvalue weighted by Crippen LogP contribution is -2.54. The Labute approximate surface area is 292 Å². The SMILES string of the molecule is c1ccc(C2NC(c3ccc4c(c3)oc3ccccc34)NC(c3ccc4c(c3)oc3cc(-c5cccc6c5oc5ccccc56)ccc34)N2)cc1. The zero-order chi connectivity index (χ0) is 33.5. The molecule has 7 aromatic carbocycles. The predicted molar refractivity (Wildman–Crippen MR) is 204 cm³/mol. The monoisotopic (exact) mass is 661 g/mol. The Morgan fingerprint density at radius 2 is 0.824 bits per heavy atom. The zero-order valence-corrected chi connectivity index (χ0v) is 27.4. The fraction of sp³-hybridized carbons (Fsp3) is 0.0667. The molecule has 11 rings (SSSR count). The Balaban J connectivity index is 0.970. The molecule has 4 heterocycles. The van der Waals surface area contributed by atoms with Crippen molar-refractivity contribution in [2.45, 2.75) is 18.5 Å². The smallest absolute Gasteiger partial charge is 0.143 e. The van der Waals surface area contributed by atoms with Crippen molar-refractivity contribution in [3.8, 4) is 11.1 Å². The van der Waals surface area contributed by atoms with Crippen molar-refractivity contribution in [1.29, 1.82) is 0 Å². The van der Waals surface area contributed by atoms with Crippen molar-refractivity contribution in [1.82, 2.24) is 16.0 Å². The fourth-order valence-electron chi connectivity index (χ4n) is 7.90. The second-order valence-corrected chi connectivity index (χ2v) is 13.4. The first kappa shape index (κ1) is 28.6. The number of rotatable bonds is 4. The Morgan fingerprint density at radius 1 is 0.333 bits per heavy atom. The molecular weight excluding hydrogens is 631 g/mol. The number of para-hydroxylation sites is 3. The Bertz CT molecular complexity index is 2940. The highest BCUT2D eigenvalue weighted by atomic mass is 16.3. The molecule has 0 bridgehead atoms. The van der Waals surface area contributed by atoms with Crippen molar-refractivity contribution in [2.75, 3.05) is 0 Å². The van der Waals surface area contributed by atoms with Crippen LogP contribution >= 0.6 is 0 Å². The maximum atomic E-state index is 6.60. The molecule has 3 unspecified atom stereocenters. The van der Waals surface area contributed by atoms with E-state index < -0.39 is 0 Å². The van der Waals surface area contributed by atoms with Crippen LogP contribution in [0.1, 0.15) is 35.2 Å². The van der Waals surface area contributed by atoms with Crippen molar-refractivity contribution in [3.63, 3.8) is 0 Å². The molecule has 0 aliphatic carbocycles. The van der Waals surface area contributed by atoms with E-state index in [0.717, 1.165) is 93.6 Å². The first-order valence-corrected chi connectivity index (χ1v) is 17.3. The van der Waals surface area contributed by atoms with Crippen LogP contribution in [0.5, 0.6) is 0 Å². The predicted octanol–water partition coefficient (Wildman–Crippen LogP) is 11.2. The molecule has 244 valence electrons. The number of fused-ring (bicyclic) bond motifs is 9. The molecule has 0 amide bonds. The summed E-state index contributed by atoms with van der Waals surface area (Å²) < 4.78 is 19.2. The number of nitrogens with one attached hydrogen (secondary N) is 3. The van der Waals surface area contributed by atoms with Gasteiger partial charge < -0.3 is 13.3 Å². The molecule has 6 heteroatoms. The quantitative estimate of drug-likeness (QED) is 0.174. The maximum Gasteiger partial charge on any atom is 0.143 e. The van der Waals surface area contributed by atoms with Gasteiger partial charge in [0.25, 0.3) is 0 Å². The Kier molecular flexibility index (Phi) is 6.27. The lowest BCUT2D eigenvalue weighted by molar-refractivity contribution is 0.203. The fourth-order valence-corrected chi connectivity index (χ4v) is 7.90. The number of hydrogen-bond donors (Lipinski definition) is 3. The van der Waals surface area contributed by atoms with Crippen LogP contribution in [0.25, 0.3) is 76.9 Å². The molecule has 6 nitrogen and oxygen atoms in total. The van der Waals surface area contributed by atoms with E-state index in [4.69, 9.17) is 13.3 Å². The summed E-state index contributed by atoms with van der Waals surface area (Å²) >= 11 is 0. The summed E-state index contributed by atoms with van der Waals surface area (Å²) in [5.41, 5.74) is 10.7. The van der Waals surface area contributed by atoms with Crippen LogP contribution < -0.4 is 16.0 Å². The minimum atomic E-state index is -0.160. The Hall–Kier alpha value is -6.18. The summed E-state index contributed by atoms with van der Waals surface area (Å²) in [6.45, 7) is 0. The van der Waals surface area contributed by atoms with Crippen LogP contribution in [0.4, 0.5) is 0 Å². The lowest BCUT2D eigenvalue weighted by atomic mass is 10.0. The van der Waals surface area contributed by atoms with E-state index in [1.807, 2.05) is 30.3 Å². The number of benzene rings is 7. The van der Waals surface area contributed by atoms with Crippen molar-refractivity contribution in [2.24, 2.45) is 0 Å². The van der Waals surface area contributed by atoms with Gasteiger partial charge in [0, 0.05) is 37.9 Å². The van der Waals surface area contributed by atoms with E-state index in [1.54, 1.807) is 0 Å². The van der Waals surface area contributed by atoms with E-state index >= 15 is 0 Å². The molecule has 0 spiro atoms. The molecule has 3 N–H and O–H groups in total. The van der Waals surface area contributed by atoms with Gasteiger partial charge >= 0.3 is 0 Å². The first-order chi connectivity index (χ1) is 25.2. The highest BCUT2D eigenvalue weighted by Crippen LogP contribution is 2.39. The first-order valence-electron chi connectivity index (χ1n) is 17.3. The van der Waals surface area contributed by atoms with E-state index in [9.17, 15) is 0 Å². The maximum absolute atomic E-state index is 6.60. The third-order valence-corrected chi connectivity index (χ3v) is 10.4. The number of furan rings is 3. The molecule has 0 radical (unpaired) electrons. The van der Waals surface area contributed by atoms with Gasteiger partial charge in [-0.15, -0.1) is 0 Å². The largest absolute Gasteiger partial charge is 0.456 e. The summed E-state index contributed by atoms with van der Waals surface area (Å²) in [7, 11) is 0. The highest BCUT2D eigenvalue weighted by Gasteiger charge is 2.30. The number of hydrogen-bond acceptors (Lipinski definition) is 6. The Morgan fingerprint density at radius 3 is 1.51 bits per heavy atom. The van der Waals surface area contributed by atoms with Crippen molar-refractivity contribution in [3.05, 3.63) is 168 Å². The van der Waals surface area contributed by atoms with Gasteiger partial charge in [-0.3, -0.25) is 16.0 Å². The second kappa shape index (κ2) is 11.2. The van der Waals surface area contributed by atoms with E-state index in [0.29, 0.717) is 0 Å². The van der Waals surface area contributed by atoms with Crippen LogP contribution in [0.15, 0.2) is 165 Å². The van der Waals surface area contributed by atoms with E-state index in [-0.39, 0.29) is 18.5 Å². The molecular formula is C45H31N3O3. The molecule has 51 heavy (non-hydrogen) atoms. The minimum Gasteiger partial charge on any atom is -0.456 e. The van der Waals surface area contributed by atoms with Gasteiger partial charge in [0.2, 0.25) is 0 Å². The molecule has 1 saturated heterocycles.